The molecule has 2 aromatic rings. The number of aromatic nitrogens is 4. The molecule has 0 spiro atoms. The van der Waals surface area contributed by atoms with Gasteiger partial charge < -0.3 is 0 Å². The van der Waals surface area contributed by atoms with Crippen molar-refractivity contribution in [3.63, 3.8) is 0 Å². The van der Waals surface area contributed by atoms with Crippen LogP contribution in [-0.4, -0.2) is 20.2 Å². The van der Waals surface area contributed by atoms with E-state index >= 15 is 0 Å². The topological polar surface area (TPSA) is 43.6 Å². The second-order valence-electron chi connectivity index (χ2n) is 4.60. The predicted octanol–water partition coefficient (Wildman–Crippen LogP) is 2.72. The molecule has 0 aliphatic carbocycles. The van der Waals surface area contributed by atoms with Gasteiger partial charge in [0.2, 0.25) is 0 Å². The number of hydrogen-bond donors (Lipinski definition) is 0. The lowest BCUT2D eigenvalue weighted by Crippen LogP contribution is -2.14. The lowest BCUT2D eigenvalue weighted by Gasteiger charge is -2.11. The highest BCUT2D eigenvalue weighted by Crippen LogP contribution is 2.21. The third-order valence-corrected chi connectivity index (χ3v) is 2.82. The number of nitrogens with zero attached hydrogens (tertiary/aromatic N) is 4. The fourth-order valence-corrected chi connectivity index (χ4v) is 1.67. The van der Waals surface area contributed by atoms with Gasteiger partial charge in [0.25, 0.3) is 0 Å². The largest absolute Gasteiger partial charge is 0.180 e. The number of benzene rings is 1. The summed E-state index contributed by atoms with van der Waals surface area (Å²) in [7, 11) is 0. The van der Waals surface area contributed by atoms with E-state index in [2.05, 4.69) is 52.1 Å². The summed E-state index contributed by atoms with van der Waals surface area (Å²) in [5.74, 6) is 0.739. The van der Waals surface area contributed by atoms with Crippen LogP contribution in [0.15, 0.2) is 28.7 Å². The first-order chi connectivity index (χ1) is 7.48. The van der Waals surface area contributed by atoms with Gasteiger partial charge >= 0.3 is 0 Å². The molecule has 0 saturated heterocycles. The third-order valence-electron chi connectivity index (χ3n) is 2.15. The molecule has 1 aromatic heterocycles. The maximum absolute atomic E-state index is 4.38. The quantitative estimate of drug-likeness (QED) is 0.807. The highest BCUT2D eigenvalue weighted by atomic mass is 79.9. The van der Waals surface area contributed by atoms with Crippen molar-refractivity contribution in [2.45, 2.75) is 26.2 Å². The molecule has 0 radical (unpaired) electrons. The fourth-order valence-electron chi connectivity index (χ4n) is 1.23. The van der Waals surface area contributed by atoms with Gasteiger partial charge in [-0.1, -0.05) is 32.9 Å². The molecule has 84 valence electrons. The van der Waals surface area contributed by atoms with Crippen molar-refractivity contribution >= 4 is 15.9 Å². The summed E-state index contributed by atoms with van der Waals surface area (Å²) in [5.41, 5.74) is 0.810. The van der Waals surface area contributed by atoms with Gasteiger partial charge in [-0.3, -0.25) is 0 Å². The number of halogens is 1. The number of rotatable bonds is 1. The first-order valence-corrected chi connectivity index (χ1v) is 5.83. The van der Waals surface area contributed by atoms with E-state index in [1.54, 1.807) is 4.80 Å². The zero-order chi connectivity index (χ0) is 11.8. The van der Waals surface area contributed by atoms with Crippen LogP contribution >= 0.6 is 15.9 Å². The molecule has 0 amide bonds. The molecule has 2 rings (SSSR count). The maximum atomic E-state index is 4.38. The monoisotopic (exact) mass is 280 g/mol. The molecule has 0 N–H and O–H groups in total. The molecule has 0 fully saturated rings. The zero-order valence-corrected chi connectivity index (χ0v) is 11.1. The van der Waals surface area contributed by atoms with E-state index in [4.69, 9.17) is 0 Å². The summed E-state index contributed by atoms with van der Waals surface area (Å²) in [6.45, 7) is 6.19. The van der Waals surface area contributed by atoms with Gasteiger partial charge in [-0.25, -0.2) is 0 Å². The average molecular weight is 281 g/mol. The van der Waals surface area contributed by atoms with Crippen LogP contribution in [0, 0.1) is 0 Å². The Kier molecular flexibility index (Phi) is 2.80. The Hall–Kier alpha value is -1.23. The highest BCUT2D eigenvalue weighted by Gasteiger charge is 2.20. The lowest BCUT2D eigenvalue weighted by atomic mass is 9.96. The van der Waals surface area contributed by atoms with E-state index in [1.165, 1.54) is 0 Å². The normalized spacial score (nSPS) is 11.8. The Balaban J connectivity index is 2.44. The van der Waals surface area contributed by atoms with Crippen molar-refractivity contribution in [1.82, 2.24) is 20.2 Å². The van der Waals surface area contributed by atoms with Crippen molar-refractivity contribution in [1.29, 1.82) is 0 Å². The van der Waals surface area contributed by atoms with Crippen molar-refractivity contribution < 1.29 is 0 Å². The smallest absolute Gasteiger partial charge is 0.131 e. The molecule has 5 heteroatoms. The minimum absolute atomic E-state index is 0.0838. The van der Waals surface area contributed by atoms with Gasteiger partial charge in [-0.15, -0.1) is 15.0 Å². The van der Waals surface area contributed by atoms with E-state index in [1.807, 2.05) is 24.3 Å². The summed E-state index contributed by atoms with van der Waals surface area (Å²) >= 11 is 3.46. The summed E-state index contributed by atoms with van der Waals surface area (Å²) in [5, 5.41) is 12.5. The van der Waals surface area contributed by atoms with Crippen molar-refractivity contribution in [3.8, 4) is 5.69 Å². The highest BCUT2D eigenvalue weighted by molar-refractivity contribution is 9.10. The second-order valence-corrected chi connectivity index (χ2v) is 5.46. The van der Waals surface area contributed by atoms with E-state index in [0.717, 1.165) is 16.0 Å². The Labute approximate surface area is 103 Å². The van der Waals surface area contributed by atoms with Crippen molar-refractivity contribution in [2.75, 3.05) is 0 Å². The van der Waals surface area contributed by atoms with Crippen LogP contribution in [0.1, 0.15) is 26.6 Å². The fraction of sp³-hybridized carbons (Fsp3) is 0.364. The summed E-state index contributed by atoms with van der Waals surface area (Å²) < 4.78 is 0.952. The first kappa shape index (κ1) is 11.3. The molecule has 1 aromatic carbocycles. The van der Waals surface area contributed by atoms with Crippen LogP contribution in [-0.2, 0) is 5.41 Å². The van der Waals surface area contributed by atoms with Crippen LogP contribution in [0.3, 0.4) is 0 Å². The number of tetrazole rings is 1. The summed E-state index contributed by atoms with van der Waals surface area (Å²) in [6, 6.07) is 7.79. The predicted molar refractivity (Wildman–Crippen MR) is 65.6 cm³/mol. The molecule has 0 unspecified atom stereocenters. The van der Waals surface area contributed by atoms with Crippen LogP contribution in [0.25, 0.3) is 5.69 Å². The molecule has 0 atom stereocenters. The molecule has 0 saturated carbocycles. The van der Waals surface area contributed by atoms with Crippen LogP contribution in [0.5, 0.6) is 0 Å². The van der Waals surface area contributed by atoms with Gasteiger partial charge in [0.1, 0.15) is 5.69 Å². The number of hydrogen-bond acceptors (Lipinski definition) is 3. The van der Waals surface area contributed by atoms with Gasteiger partial charge in [0.05, 0.1) is 0 Å². The molecular weight excluding hydrogens is 268 g/mol. The zero-order valence-electron chi connectivity index (χ0n) is 9.48. The Morgan fingerprint density at radius 1 is 1.19 bits per heavy atom. The standard InChI is InChI=1S/C11H13BrN4/c1-11(2,3)10-13-15-16(14-10)9-7-5-4-6-8(9)12/h4-7H,1-3H3. The lowest BCUT2D eigenvalue weighted by molar-refractivity contribution is 0.543. The van der Waals surface area contributed by atoms with Crippen molar-refractivity contribution in [2.24, 2.45) is 0 Å². The van der Waals surface area contributed by atoms with Gasteiger partial charge in [0.15, 0.2) is 5.82 Å². The molecular formula is C11H13BrN4. The Morgan fingerprint density at radius 3 is 2.44 bits per heavy atom. The molecule has 0 aliphatic heterocycles. The van der Waals surface area contributed by atoms with Gasteiger partial charge in [-0.2, -0.15) is 0 Å². The Morgan fingerprint density at radius 2 is 1.88 bits per heavy atom. The maximum Gasteiger partial charge on any atom is 0.180 e. The first-order valence-electron chi connectivity index (χ1n) is 5.04. The molecule has 0 aliphatic rings. The minimum atomic E-state index is -0.0838. The van der Waals surface area contributed by atoms with Crippen molar-refractivity contribution in [3.05, 3.63) is 34.6 Å². The molecule has 16 heavy (non-hydrogen) atoms. The summed E-state index contributed by atoms with van der Waals surface area (Å²) in [4.78, 5) is 1.55. The molecule has 1 heterocycles. The van der Waals surface area contributed by atoms with E-state index in [0.29, 0.717) is 0 Å². The second kappa shape index (κ2) is 3.97. The minimum Gasteiger partial charge on any atom is -0.131 e. The van der Waals surface area contributed by atoms with Crippen LogP contribution in [0.2, 0.25) is 0 Å². The summed E-state index contributed by atoms with van der Waals surface area (Å²) in [6.07, 6.45) is 0. The van der Waals surface area contributed by atoms with Crippen LogP contribution < -0.4 is 0 Å². The SMILES string of the molecule is CC(C)(C)c1nnn(-c2ccccc2Br)n1. The molecule has 4 nitrogen and oxygen atoms in total. The molecule has 0 bridgehead atoms. The Bertz CT molecular complexity index is 499. The van der Waals surface area contributed by atoms with E-state index in [-0.39, 0.29) is 5.41 Å². The van der Waals surface area contributed by atoms with E-state index in [9.17, 15) is 0 Å². The third kappa shape index (κ3) is 2.14. The number of para-hydroxylation sites is 1. The van der Waals surface area contributed by atoms with E-state index < -0.39 is 0 Å². The van der Waals surface area contributed by atoms with Crippen LogP contribution in [0.4, 0.5) is 0 Å². The average Bonchev–Trinajstić information content (AvgIpc) is 2.66. The van der Waals surface area contributed by atoms with Gasteiger partial charge in [-0.05, 0) is 33.3 Å². The van der Waals surface area contributed by atoms with Gasteiger partial charge in [0, 0.05) is 9.89 Å².